The van der Waals surface area contributed by atoms with E-state index in [0.717, 1.165) is 38.8 Å². The Labute approximate surface area is 125 Å². The van der Waals surface area contributed by atoms with Gasteiger partial charge in [-0.05, 0) is 12.8 Å². The molecule has 1 aliphatic carbocycles. The van der Waals surface area contributed by atoms with Crippen molar-refractivity contribution in [2.75, 3.05) is 32.7 Å². The second-order valence-electron chi connectivity index (χ2n) is 5.98. The van der Waals surface area contributed by atoms with Crippen LogP contribution in [0.5, 0.6) is 0 Å². The number of carboxylic acids is 1. The number of nitrogens with one attached hydrogen (secondary N) is 1. The highest BCUT2D eigenvalue weighted by Crippen LogP contribution is 2.17. The van der Waals surface area contributed by atoms with Gasteiger partial charge in [-0.3, -0.25) is 9.69 Å². The van der Waals surface area contributed by atoms with E-state index in [2.05, 4.69) is 10.2 Å². The van der Waals surface area contributed by atoms with E-state index in [9.17, 15) is 9.59 Å². The van der Waals surface area contributed by atoms with Crippen LogP contribution in [0.1, 0.15) is 32.1 Å². The number of carboxylic acid groups (broad SMARTS) is 1. The van der Waals surface area contributed by atoms with Gasteiger partial charge in [-0.25, -0.2) is 4.79 Å². The number of urea groups is 1. The van der Waals surface area contributed by atoms with Crippen molar-refractivity contribution in [3.05, 3.63) is 0 Å². The van der Waals surface area contributed by atoms with E-state index in [0.29, 0.717) is 19.6 Å². The van der Waals surface area contributed by atoms with Gasteiger partial charge in [0, 0.05) is 44.8 Å². The molecule has 2 unspecified atom stereocenters. The molecular formula is C14H26N4O3. The van der Waals surface area contributed by atoms with E-state index in [1.165, 1.54) is 0 Å². The predicted molar refractivity (Wildman–Crippen MR) is 79.0 cm³/mol. The fourth-order valence-corrected chi connectivity index (χ4v) is 3.02. The van der Waals surface area contributed by atoms with Crippen LogP contribution in [-0.2, 0) is 4.79 Å². The van der Waals surface area contributed by atoms with E-state index in [-0.39, 0.29) is 24.5 Å². The van der Waals surface area contributed by atoms with Gasteiger partial charge < -0.3 is 21.1 Å². The average Bonchev–Trinajstić information content (AvgIpc) is 2.48. The van der Waals surface area contributed by atoms with Gasteiger partial charge in [-0.1, -0.05) is 12.8 Å². The fraction of sp³-hybridized carbons (Fsp3) is 0.857. The standard InChI is InChI=1S/C14H26N4O3/c15-11-3-1-2-4-12(11)16-14(21)18-9-7-17(8-10-18)6-5-13(19)20/h11-12H,1-10,15H2,(H,16,21)(H,19,20). The summed E-state index contributed by atoms with van der Waals surface area (Å²) >= 11 is 0. The molecule has 0 aromatic heterocycles. The molecule has 21 heavy (non-hydrogen) atoms. The maximum atomic E-state index is 12.2. The number of hydrogen-bond donors (Lipinski definition) is 3. The van der Waals surface area contributed by atoms with E-state index in [1.54, 1.807) is 4.90 Å². The van der Waals surface area contributed by atoms with Crippen LogP contribution < -0.4 is 11.1 Å². The first-order valence-electron chi connectivity index (χ1n) is 7.81. The molecule has 2 amide bonds. The summed E-state index contributed by atoms with van der Waals surface area (Å²) in [5, 5.41) is 11.7. The predicted octanol–water partition coefficient (Wildman–Crippen LogP) is 0.0582. The van der Waals surface area contributed by atoms with Gasteiger partial charge in [0.1, 0.15) is 0 Å². The highest BCUT2D eigenvalue weighted by atomic mass is 16.4. The Balaban J connectivity index is 1.71. The lowest BCUT2D eigenvalue weighted by Gasteiger charge is -2.36. The minimum Gasteiger partial charge on any atom is -0.481 e. The molecule has 120 valence electrons. The number of piperazine rings is 1. The average molecular weight is 298 g/mol. The third-order valence-electron chi connectivity index (χ3n) is 4.43. The Morgan fingerprint density at radius 1 is 1.14 bits per heavy atom. The number of rotatable bonds is 4. The van der Waals surface area contributed by atoms with Crippen molar-refractivity contribution in [3.8, 4) is 0 Å². The molecule has 4 N–H and O–H groups in total. The van der Waals surface area contributed by atoms with Crippen molar-refractivity contribution in [2.45, 2.75) is 44.2 Å². The number of carbonyl (C=O) groups is 2. The Morgan fingerprint density at radius 3 is 2.43 bits per heavy atom. The van der Waals surface area contributed by atoms with Crippen LogP contribution in [0.4, 0.5) is 4.79 Å². The number of amides is 2. The molecule has 1 aliphatic heterocycles. The second kappa shape index (κ2) is 7.61. The van der Waals surface area contributed by atoms with E-state index in [1.807, 2.05) is 0 Å². The maximum Gasteiger partial charge on any atom is 0.317 e. The molecule has 0 aromatic carbocycles. The third kappa shape index (κ3) is 4.86. The largest absolute Gasteiger partial charge is 0.481 e. The van der Waals surface area contributed by atoms with Crippen LogP contribution >= 0.6 is 0 Å². The first-order chi connectivity index (χ1) is 10.1. The lowest BCUT2D eigenvalue weighted by atomic mass is 9.91. The van der Waals surface area contributed by atoms with Crippen molar-refractivity contribution in [1.82, 2.24) is 15.1 Å². The van der Waals surface area contributed by atoms with Crippen LogP contribution in [0.25, 0.3) is 0 Å². The van der Waals surface area contributed by atoms with Gasteiger partial charge >= 0.3 is 12.0 Å². The van der Waals surface area contributed by atoms with E-state index < -0.39 is 5.97 Å². The molecule has 2 aliphatic rings. The summed E-state index contributed by atoms with van der Waals surface area (Å²) < 4.78 is 0. The van der Waals surface area contributed by atoms with Crippen LogP contribution in [0, 0.1) is 0 Å². The molecule has 0 bridgehead atoms. The van der Waals surface area contributed by atoms with Crippen molar-refractivity contribution in [2.24, 2.45) is 5.73 Å². The molecule has 0 aromatic rings. The summed E-state index contributed by atoms with van der Waals surface area (Å²) in [6, 6.07) is 0.131. The van der Waals surface area contributed by atoms with Crippen LogP contribution in [0.15, 0.2) is 0 Å². The monoisotopic (exact) mass is 298 g/mol. The lowest BCUT2D eigenvalue weighted by Crippen LogP contribution is -2.57. The fourth-order valence-electron chi connectivity index (χ4n) is 3.02. The summed E-state index contributed by atoms with van der Waals surface area (Å²) in [5.74, 6) is -0.776. The zero-order valence-electron chi connectivity index (χ0n) is 12.5. The normalized spacial score (nSPS) is 27.4. The van der Waals surface area contributed by atoms with Gasteiger partial charge in [0.25, 0.3) is 0 Å². The summed E-state index contributed by atoms with van der Waals surface area (Å²) in [4.78, 5) is 26.7. The van der Waals surface area contributed by atoms with Gasteiger partial charge in [-0.2, -0.15) is 0 Å². The lowest BCUT2D eigenvalue weighted by molar-refractivity contribution is -0.137. The molecule has 0 radical (unpaired) electrons. The molecule has 2 rings (SSSR count). The van der Waals surface area contributed by atoms with Crippen molar-refractivity contribution in [3.63, 3.8) is 0 Å². The number of carbonyl (C=O) groups excluding carboxylic acids is 1. The second-order valence-corrected chi connectivity index (χ2v) is 5.98. The van der Waals surface area contributed by atoms with E-state index >= 15 is 0 Å². The number of hydrogen-bond acceptors (Lipinski definition) is 4. The van der Waals surface area contributed by atoms with Gasteiger partial charge in [0.15, 0.2) is 0 Å². The molecular weight excluding hydrogens is 272 g/mol. The summed E-state index contributed by atoms with van der Waals surface area (Å²) in [7, 11) is 0. The Hall–Kier alpha value is -1.34. The minimum atomic E-state index is -0.776. The SMILES string of the molecule is NC1CCCCC1NC(=O)N1CCN(CCC(=O)O)CC1. The Kier molecular flexibility index (Phi) is 5.81. The zero-order valence-corrected chi connectivity index (χ0v) is 12.5. The van der Waals surface area contributed by atoms with Crippen LogP contribution in [-0.4, -0.2) is 71.7 Å². The van der Waals surface area contributed by atoms with E-state index in [4.69, 9.17) is 10.8 Å². The first kappa shape index (κ1) is 16.0. The molecule has 7 nitrogen and oxygen atoms in total. The van der Waals surface area contributed by atoms with Crippen molar-refractivity contribution in [1.29, 1.82) is 0 Å². The zero-order chi connectivity index (χ0) is 15.2. The summed E-state index contributed by atoms with van der Waals surface area (Å²) in [5.41, 5.74) is 6.05. The van der Waals surface area contributed by atoms with Gasteiger partial charge in [0.05, 0.1) is 6.42 Å². The number of nitrogens with two attached hydrogens (primary N) is 1. The number of nitrogens with zero attached hydrogens (tertiary/aromatic N) is 2. The maximum absolute atomic E-state index is 12.2. The minimum absolute atomic E-state index is 0.0322. The Bertz CT molecular complexity index is 369. The van der Waals surface area contributed by atoms with Crippen molar-refractivity contribution < 1.29 is 14.7 Å². The molecule has 2 atom stereocenters. The quantitative estimate of drug-likeness (QED) is 0.681. The molecule has 7 heteroatoms. The Morgan fingerprint density at radius 2 is 1.81 bits per heavy atom. The molecule has 2 fully saturated rings. The summed E-state index contributed by atoms with van der Waals surface area (Å²) in [6.45, 7) is 3.31. The third-order valence-corrected chi connectivity index (χ3v) is 4.43. The molecule has 1 saturated carbocycles. The van der Waals surface area contributed by atoms with Crippen molar-refractivity contribution >= 4 is 12.0 Å². The van der Waals surface area contributed by atoms with Crippen LogP contribution in [0.3, 0.4) is 0 Å². The molecule has 1 saturated heterocycles. The molecule has 0 spiro atoms. The smallest absolute Gasteiger partial charge is 0.317 e. The summed E-state index contributed by atoms with van der Waals surface area (Å²) in [6.07, 6.45) is 4.37. The van der Waals surface area contributed by atoms with Gasteiger partial charge in [-0.15, -0.1) is 0 Å². The number of aliphatic carboxylic acids is 1. The molecule has 1 heterocycles. The van der Waals surface area contributed by atoms with Crippen LogP contribution in [0.2, 0.25) is 0 Å². The highest BCUT2D eigenvalue weighted by Gasteiger charge is 2.27. The first-order valence-corrected chi connectivity index (χ1v) is 7.81. The topological polar surface area (TPSA) is 98.9 Å². The van der Waals surface area contributed by atoms with Gasteiger partial charge in [0.2, 0.25) is 0 Å². The highest BCUT2D eigenvalue weighted by molar-refractivity contribution is 5.74.